The van der Waals surface area contributed by atoms with E-state index in [2.05, 4.69) is 0 Å². The van der Waals surface area contributed by atoms with Crippen molar-refractivity contribution in [3.63, 3.8) is 0 Å². The molecule has 2 atom stereocenters. The van der Waals surface area contributed by atoms with Crippen molar-refractivity contribution in [3.8, 4) is 0 Å². The molecule has 0 aromatic rings. The molecule has 2 N–H and O–H groups in total. The first kappa shape index (κ1) is 13.3. The van der Waals surface area contributed by atoms with Gasteiger partial charge in [-0.25, -0.2) is 0 Å². The number of aliphatic hydroxyl groups is 1. The molecule has 1 saturated carbocycles. The average Bonchev–Trinajstić information content (AvgIpc) is 2.92. The first-order chi connectivity index (χ1) is 8.39. The Morgan fingerprint density at radius 3 is 2.17 bits per heavy atom. The van der Waals surface area contributed by atoms with E-state index in [1.165, 1.54) is 0 Å². The van der Waals surface area contributed by atoms with E-state index in [-0.39, 0.29) is 24.3 Å². The molecule has 1 aliphatic heterocycles. The Morgan fingerprint density at radius 1 is 1.22 bits per heavy atom. The lowest BCUT2D eigenvalue weighted by Gasteiger charge is -2.31. The molecule has 0 spiro atoms. The van der Waals surface area contributed by atoms with Gasteiger partial charge in [0, 0.05) is 19.7 Å². The highest BCUT2D eigenvalue weighted by Crippen LogP contribution is 2.59. The van der Waals surface area contributed by atoms with Crippen molar-refractivity contribution in [2.75, 3.05) is 19.7 Å². The van der Waals surface area contributed by atoms with Crippen LogP contribution < -0.4 is 0 Å². The van der Waals surface area contributed by atoms with E-state index in [9.17, 15) is 9.59 Å². The van der Waals surface area contributed by atoms with Gasteiger partial charge >= 0.3 is 5.97 Å². The molecule has 0 aromatic heterocycles. The number of aliphatic hydroxyl groups excluding tert-OH is 1. The van der Waals surface area contributed by atoms with E-state index in [0.29, 0.717) is 13.1 Å². The number of likely N-dealkylation sites (tertiary alicyclic amines) is 1. The highest BCUT2D eigenvalue weighted by Gasteiger charge is 2.66. The highest BCUT2D eigenvalue weighted by atomic mass is 16.4. The molecule has 18 heavy (non-hydrogen) atoms. The summed E-state index contributed by atoms with van der Waals surface area (Å²) in [6.45, 7) is 5.14. The average molecular weight is 255 g/mol. The van der Waals surface area contributed by atoms with Crippen LogP contribution in [0, 0.1) is 23.2 Å². The molecule has 5 heteroatoms. The number of carboxylic acid groups (broad SMARTS) is 1. The minimum Gasteiger partial charge on any atom is -0.481 e. The van der Waals surface area contributed by atoms with Crippen LogP contribution in [0.4, 0.5) is 0 Å². The van der Waals surface area contributed by atoms with Gasteiger partial charge in [0.25, 0.3) is 0 Å². The summed E-state index contributed by atoms with van der Waals surface area (Å²) in [4.78, 5) is 25.1. The molecule has 2 fully saturated rings. The Bertz CT molecular complexity index is 358. The predicted molar refractivity (Wildman–Crippen MR) is 64.8 cm³/mol. The molecule has 1 saturated heterocycles. The normalized spacial score (nSPS) is 31.2. The van der Waals surface area contributed by atoms with Gasteiger partial charge in [0.2, 0.25) is 5.91 Å². The SMILES string of the molecule is CC1(C)[C@H](C(=O)O)[C@@H]1C(=O)N1CCC(CO)CC1. The minimum atomic E-state index is -0.872. The molecule has 0 bridgehead atoms. The molecule has 2 rings (SSSR count). The molecule has 0 radical (unpaired) electrons. The van der Waals surface area contributed by atoms with Crippen LogP contribution in [0.3, 0.4) is 0 Å². The second kappa shape index (κ2) is 4.53. The predicted octanol–water partition coefficient (Wildman–Crippen LogP) is 0.574. The fourth-order valence-corrected chi connectivity index (χ4v) is 3.09. The number of amides is 1. The van der Waals surface area contributed by atoms with Gasteiger partial charge in [0.15, 0.2) is 0 Å². The van der Waals surface area contributed by atoms with Gasteiger partial charge in [-0.1, -0.05) is 13.8 Å². The van der Waals surface area contributed by atoms with Gasteiger partial charge in [-0.3, -0.25) is 9.59 Å². The van der Waals surface area contributed by atoms with Crippen LogP contribution in [0.25, 0.3) is 0 Å². The molecular formula is C13H21NO4. The topological polar surface area (TPSA) is 77.8 Å². The minimum absolute atomic E-state index is 0.0243. The lowest BCUT2D eigenvalue weighted by molar-refractivity contribution is -0.142. The zero-order chi connectivity index (χ0) is 13.5. The Morgan fingerprint density at radius 2 is 1.78 bits per heavy atom. The van der Waals surface area contributed by atoms with Crippen molar-refractivity contribution in [2.45, 2.75) is 26.7 Å². The van der Waals surface area contributed by atoms with Crippen molar-refractivity contribution in [2.24, 2.45) is 23.2 Å². The van der Waals surface area contributed by atoms with Crippen LogP contribution in [0.2, 0.25) is 0 Å². The molecular weight excluding hydrogens is 234 g/mol. The number of nitrogens with zero attached hydrogens (tertiary/aromatic N) is 1. The van der Waals surface area contributed by atoms with Crippen LogP contribution >= 0.6 is 0 Å². The van der Waals surface area contributed by atoms with Gasteiger partial charge in [0.1, 0.15) is 0 Å². The Hall–Kier alpha value is -1.10. The van der Waals surface area contributed by atoms with Crippen LogP contribution in [0.5, 0.6) is 0 Å². The molecule has 1 aliphatic carbocycles. The van der Waals surface area contributed by atoms with E-state index < -0.39 is 17.3 Å². The van der Waals surface area contributed by atoms with Gasteiger partial charge in [0.05, 0.1) is 11.8 Å². The van der Waals surface area contributed by atoms with Crippen LogP contribution in [0.15, 0.2) is 0 Å². The third kappa shape index (κ3) is 2.11. The fourth-order valence-electron chi connectivity index (χ4n) is 3.09. The summed E-state index contributed by atoms with van der Waals surface area (Å²) in [5.74, 6) is -1.52. The van der Waals surface area contributed by atoms with Crippen LogP contribution in [0.1, 0.15) is 26.7 Å². The third-order valence-electron chi connectivity index (χ3n) is 4.54. The summed E-state index contributed by atoms with van der Waals surface area (Å²) >= 11 is 0. The van der Waals surface area contributed by atoms with Crippen LogP contribution in [-0.4, -0.2) is 46.7 Å². The monoisotopic (exact) mass is 255 g/mol. The maximum absolute atomic E-state index is 12.3. The summed E-state index contributed by atoms with van der Waals surface area (Å²) in [7, 11) is 0. The molecule has 1 amide bonds. The number of hydrogen-bond donors (Lipinski definition) is 2. The number of rotatable bonds is 3. The lowest BCUT2D eigenvalue weighted by Crippen LogP contribution is -2.40. The Kier molecular flexibility index (Phi) is 3.36. The van der Waals surface area contributed by atoms with E-state index in [0.717, 1.165) is 12.8 Å². The molecule has 5 nitrogen and oxygen atoms in total. The number of piperidine rings is 1. The third-order valence-corrected chi connectivity index (χ3v) is 4.54. The van der Waals surface area contributed by atoms with Gasteiger partial charge in [-0.2, -0.15) is 0 Å². The highest BCUT2D eigenvalue weighted by molar-refractivity contribution is 5.91. The largest absolute Gasteiger partial charge is 0.481 e. The summed E-state index contributed by atoms with van der Waals surface area (Å²) in [5, 5.41) is 18.1. The second-order valence-corrected chi connectivity index (χ2v) is 6.07. The molecule has 0 unspecified atom stereocenters. The summed E-state index contributed by atoms with van der Waals surface area (Å²) in [6.07, 6.45) is 1.63. The van der Waals surface area contributed by atoms with Crippen molar-refractivity contribution in [1.29, 1.82) is 0 Å². The number of carbonyl (C=O) groups is 2. The summed E-state index contributed by atoms with van der Waals surface area (Å²) < 4.78 is 0. The summed E-state index contributed by atoms with van der Waals surface area (Å²) in [5.41, 5.74) is -0.420. The number of carboxylic acids is 1. The lowest BCUT2D eigenvalue weighted by atomic mass is 9.97. The number of aliphatic carboxylic acids is 1. The van der Waals surface area contributed by atoms with Crippen molar-refractivity contribution in [1.82, 2.24) is 4.90 Å². The quantitative estimate of drug-likeness (QED) is 0.773. The molecule has 0 aromatic carbocycles. The maximum atomic E-state index is 12.3. The van der Waals surface area contributed by atoms with Crippen molar-refractivity contribution in [3.05, 3.63) is 0 Å². The number of carbonyl (C=O) groups excluding carboxylic acids is 1. The van der Waals surface area contributed by atoms with E-state index in [1.54, 1.807) is 4.90 Å². The second-order valence-electron chi connectivity index (χ2n) is 6.07. The summed E-state index contributed by atoms with van der Waals surface area (Å²) in [6, 6.07) is 0. The van der Waals surface area contributed by atoms with Gasteiger partial charge < -0.3 is 15.1 Å². The van der Waals surface area contributed by atoms with Crippen LogP contribution in [-0.2, 0) is 9.59 Å². The molecule has 102 valence electrons. The maximum Gasteiger partial charge on any atom is 0.307 e. The Balaban J connectivity index is 1.96. The van der Waals surface area contributed by atoms with E-state index >= 15 is 0 Å². The zero-order valence-electron chi connectivity index (χ0n) is 10.9. The first-order valence-electron chi connectivity index (χ1n) is 6.52. The van der Waals surface area contributed by atoms with Crippen molar-refractivity contribution >= 4 is 11.9 Å². The van der Waals surface area contributed by atoms with Gasteiger partial charge in [-0.15, -0.1) is 0 Å². The van der Waals surface area contributed by atoms with Crippen molar-refractivity contribution < 1.29 is 19.8 Å². The smallest absolute Gasteiger partial charge is 0.307 e. The number of hydrogen-bond acceptors (Lipinski definition) is 3. The fraction of sp³-hybridized carbons (Fsp3) is 0.846. The Labute approximate surface area is 107 Å². The van der Waals surface area contributed by atoms with E-state index in [1.807, 2.05) is 13.8 Å². The standard InChI is InChI=1S/C13H21NO4/c1-13(2)9(10(13)12(17)18)11(16)14-5-3-8(7-15)4-6-14/h8-10,15H,3-7H2,1-2H3,(H,17,18)/t9-,10+/m1/s1. The molecule has 1 heterocycles. The zero-order valence-corrected chi connectivity index (χ0v) is 10.9. The first-order valence-corrected chi connectivity index (χ1v) is 6.52. The van der Waals surface area contributed by atoms with Gasteiger partial charge in [-0.05, 0) is 24.2 Å². The molecule has 2 aliphatic rings. The van der Waals surface area contributed by atoms with E-state index in [4.69, 9.17) is 10.2 Å².